The van der Waals surface area contributed by atoms with Gasteiger partial charge in [0.2, 0.25) is 0 Å². The number of halogens is 5. The second-order valence-corrected chi connectivity index (χ2v) is 2.76. The normalized spacial score (nSPS) is 12.3. The summed E-state index contributed by atoms with van der Waals surface area (Å²) in [5.41, 5.74) is 4.77. The highest BCUT2D eigenvalue weighted by Gasteiger charge is 2.30. The Labute approximate surface area is 103 Å². The van der Waals surface area contributed by atoms with Gasteiger partial charge in [0.1, 0.15) is 0 Å². The third kappa shape index (κ3) is 4.52. The molecule has 0 radical (unpaired) electrons. The monoisotopic (exact) mass is 278 g/mol. The van der Waals surface area contributed by atoms with Crippen molar-refractivity contribution in [1.82, 2.24) is 4.98 Å². The molecule has 0 aliphatic rings. The van der Waals surface area contributed by atoms with Crippen LogP contribution in [0.3, 0.4) is 0 Å². The molecular formula is C8H11Cl2F3N2O. The maximum absolute atomic E-state index is 12.1. The van der Waals surface area contributed by atoms with Crippen LogP contribution in [-0.2, 0) is 6.18 Å². The van der Waals surface area contributed by atoms with E-state index in [0.29, 0.717) is 6.20 Å². The summed E-state index contributed by atoms with van der Waals surface area (Å²) < 4.78 is 36.2. The van der Waals surface area contributed by atoms with E-state index in [0.717, 1.165) is 12.1 Å². The molecular weight excluding hydrogens is 268 g/mol. The van der Waals surface area contributed by atoms with Gasteiger partial charge in [0, 0.05) is 6.20 Å². The van der Waals surface area contributed by atoms with E-state index >= 15 is 0 Å². The van der Waals surface area contributed by atoms with Crippen LogP contribution < -0.4 is 5.73 Å². The van der Waals surface area contributed by atoms with Crippen LogP contribution in [0.1, 0.15) is 17.3 Å². The number of aromatic nitrogens is 1. The lowest BCUT2D eigenvalue weighted by atomic mass is 10.2. The fourth-order valence-corrected chi connectivity index (χ4v) is 0.886. The van der Waals surface area contributed by atoms with Gasteiger partial charge in [0.05, 0.1) is 23.9 Å². The molecule has 0 saturated carbocycles. The molecule has 0 bridgehead atoms. The van der Waals surface area contributed by atoms with Crippen molar-refractivity contribution in [1.29, 1.82) is 0 Å². The van der Waals surface area contributed by atoms with Crippen molar-refractivity contribution in [3.8, 4) is 0 Å². The van der Waals surface area contributed by atoms with Crippen LogP contribution in [-0.4, -0.2) is 16.7 Å². The predicted molar refractivity (Wildman–Crippen MR) is 57.7 cm³/mol. The minimum atomic E-state index is -4.39. The average molecular weight is 279 g/mol. The van der Waals surface area contributed by atoms with Gasteiger partial charge in [0.25, 0.3) is 0 Å². The van der Waals surface area contributed by atoms with Crippen molar-refractivity contribution in [3.05, 3.63) is 29.6 Å². The van der Waals surface area contributed by atoms with E-state index in [9.17, 15) is 13.2 Å². The molecule has 1 aromatic rings. The third-order valence-corrected chi connectivity index (χ3v) is 1.69. The summed E-state index contributed by atoms with van der Waals surface area (Å²) in [4.78, 5) is 3.51. The standard InChI is InChI=1S/C8H9F3N2O.2ClH/c9-8(10,11)5-1-2-7(13-3-5)6(12)4-14;;/h1-3,6,14H,4,12H2;2*1H. The summed E-state index contributed by atoms with van der Waals surface area (Å²) in [5.74, 6) is 0. The number of rotatable bonds is 2. The van der Waals surface area contributed by atoms with Crippen molar-refractivity contribution in [2.24, 2.45) is 5.73 Å². The van der Waals surface area contributed by atoms with Crippen molar-refractivity contribution in [3.63, 3.8) is 0 Å². The van der Waals surface area contributed by atoms with Gasteiger partial charge in [0.15, 0.2) is 0 Å². The molecule has 0 aliphatic heterocycles. The molecule has 3 nitrogen and oxygen atoms in total. The SMILES string of the molecule is Cl.Cl.NC(CO)c1ccc(C(F)(F)F)cn1. The molecule has 94 valence electrons. The van der Waals surface area contributed by atoms with Crippen molar-refractivity contribution in [2.75, 3.05) is 6.61 Å². The molecule has 1 rings (SSSR count). The third-order valence-electron chi connectivity index (χ3n) is 1.69. The zero-order valence-electron chi connectivity index (χ0n) is 7.94. The molecule has 0 aliphatic carbocycles. The maximum atomic E-state index is 12.1. The molecule has 1 aromatic heterocycles. The van der Waals surface area contributed by atoms with Crippen molar-refractivity contribution in [2.45, 2.75) is 12.2 Å². The van der Waals surface area contributed by atoms with Gasteiger partial charge in [-0.05, 0) is 12.1 Å². The Morgan fingerprint density at radius 3 is 2.19 bits per heavy atom. The molecule has 3 N–H and O–H groups in total. The van der Waals surface area contributed by atoms with Crippen LogP contribution in [0.5, 0.6) is 0 Å². The first-order valence-electron chi connectivity index (χ1n) is 3.84. The van der Waals surface area contributed by atoms with Crippen LogP contribution >= 0.6 is 24.8 Å². The highest BCUT2D eigenvalue weighted by molar-refractivity contribution is 5.85. The lowest BCUT2D eigenvalue weighted by Crippen LogP contribution is -2.16. The fraction of sp³-hybridized carbons (Fsp3) is 0.375. The largest absolute Gasteiger partial charge is 0.417 e. The smallest absolute Gasteiger partial charge is 0.394 e. The molecule has 8 heteroatoms. The number of aliphatic hydroxyl groups is 1. The van der Waals surface area contributed by atoms with E-state index in [-0.39, 0.29) is 37.1 Å². The summed E-state index contributed by atoms with van der Waals surface area (Å²) in [5, 5.41) is 8.63. The first-order chi connectivity index (χ1) is 6.45. The predicted octanol–water partition coefficient (Wildman–Crippen LogP) is 1.94. The quantitative estimate of drug-likeness (QED) is 0.869. The van der Waals surface area contributed by atoms with Crippen molar-refractivity contribution < 1.29 is 18.3 Å². The van der Waals surface area contributed by atoms with E-state index in [4.69, 9.17) is 10.8 Å². The molecule has 16 heavy (non-hydrogen) atoms. The highest BCUT2D eigenvalue weighted by Crippen LogP contribution is 2.28. The Bertz CT molecular complexity index is 305. The fourth-order valence-electron chi connectivity index (χ4n) is 0.886. The van der Waals surface area contributed by atoms with Gasteiger partial charge >= 0.3 is 6.18 Å². The summed E-state index contributed by atoms with van der Waals surface area (Å²) >= 11 is 0. The number of aliphatic hydroxyl groups excluding tert-OH is 1. The number of hydrogen-bond acceptors (Lipinski definition) is 3. The zero-order chi connectivity index (χ0) is 10.8. The van der Waals surface area contributed by atoms with Crippen LogP contribution in [0.15, 0.2) is 18.3 Å². The number of nitrogens with two attached hydrogens (primary N) is 1. The Morgan fingerprint density at radius 2 is 1.88 bits per heavy atom. The van der Waals surface area contributed by atoms with Gasteiger partial charge < -0.3 is 10.8 Å². The van der Waals surface area contributed by atoms with E-state index in [1.807, 2.05) is 0 Å². The number of pyridine rings is 1. The second-order valence-electron chi connectivity index (χ2n) is 2.76. The van der Waals surface area contributed by atoms with Crippen LogP contribution in [0.25, 0.3) is 0 Å². The summed E-state index contributed by atoms with van der Waals surface area (Å²) in [7, 11) is 0. The topological polar surface area (TPSA) is 59.1 Å². The molecule has 0 fully saturated rings. The van der Waals surface area contributed by atoms with E-state index in [2.05, 4.69) is 4.98 Å². The van der Waals surface area contributed by atoms with Crippen LogP contribution in [0.2, 0.25) is 0 Å². The molecule has 0 aromatic carbocycles. The summed E-state index contributed by atoms with van der Waals surface area (Å²) in [6.45, 7) is -0.349. The van der Waals surface area contributed by atoms with Crippen LogP contribution in [0, 0.1) is 0 Å². The van der Waals surface area contributed by atoms with Gasteiger partial charge in [-0.3, -0.25) is 4.98 Å². The van der Waals surface area contributed by atoms with Gasteiger partial charge in [-0.2, -0.15) is 13.2 Å². The Hall–Kier alpha value is -0.560. The van der Waals surface area contributed by atoms with Gasteiger partial charge in [-0.25, -0.2) is 0 Å². The lowest BCUT2D eigenvalue weighted by Gasteiger charge is -2.09. The Balaban J connectivity index is 0. The molecule has 1 heterocycles. The molecule has 1 atom stereocenters. The number of alkyl halides is 3. The first kappa shape index (κ1) is 17.8. The molecule has 1 unspecified atom stereocenters. The maximum Gasteiger partial charge on any atom is 0.417 e. The minimum absolute atomic E-state index is 0. The minimum Gasteiger partial charge on any atom is -0.394 e. The first-order valence-corrected chi connectivity index (χ1v) is 3.84. The number of hydrogen-bond donors (Lipinski definition) is 2. The second kappa shape index (κ2) is 6.90. The molecule has 0 amide bonds. The summed E-state index contributed by atoms with van der Waals surface area (Å²) in [6, 6.07) is 1.30. The Morgan fingerprint density at radius 1 is 1.31 bits per heavy atom. The average Bonchev–Trinajstić information content (AvgIpc) is 2.15. The number of nitrogens with zero attached hydrogens (tertiary/aromatic N) is 1. The summed E-state index contributed by atoms with van der Waals surface area (Å²) in [6.07, 6.45) is -3.69. The van der Waals surface area contributed by atoms with E-state index in [1.54, 1.807) is 0 Å². The zero-order valence-corrected chi connectivity index (χ0v) is 9.57. The Kier molecular flexibility index (Phi) is 7.69. The van der Waals surface area contributed by atoms with E-state index < -0.39 is 17.8 Å². The van der Waals surface area contributed by atoms with Gasteiger partial charge in [-0.1, -0.05) is 0 Å². The van der Waals surface area contributed by atoms with Gasteiger partial charge in [-0.15, -0.1) is 24.8 Å². The van der Waals surface area contributed by atoms with E-state index in [1.165, 1.54) is 0 Å². The molecule has 0 spiro atoms. The van der Waals surface area contributed by atoms with Crippen LogP contribution in [0.4, 0.5) is 13.2 Å². The molecule has 0 saturated heterocycles. The lowest BCUT2D eigenvalue weighted by molar-refractivity contribution is -0.137. The van der Waals surface area contributed by atoms with Crippen molar-refractivity contribution >= 4 is 24.8 Å². The highest BCUT2D eigenvalue weighted by atomic mass is 35.5.